The van der Waals surface area contributed by atoms with Crippen LogP contribution in [0.4, 0.5) is 0 Å². The molecule has 0 amide bonds. The molecule has 0 saturated carbocycles. The van der Waals surface area contributed by atoms with E-state index in [1.165, 1.54) is 0 Å². The first kappa shape index (κ1) is 9.46. The topological polar surface area (TPSA) is 73.2 Å². The molecule has 2 rings (SSSR count). The second kappa shape index (κ2) is 3.58. The molecule has 1 aromatic rings. The lowest BCUT2D eigenvalue weighted by Gasteiger charge is -2.14. The molecule has 0 radical (unpaired) electrons. The number of hydrogen-bond donors (Lipinski definition) is 0. The van der Waals surface area contributed by atoms with Crippen LogP contribution in [0.15, 0.2) is 44.9 Å². The van der Waals surface area contributed by atoms with Crippen LogP contribution in [0.5, 0.6) is 0 Å². The van der Waals surface area contributed by atoms with Crippen LogP contribution in [0.2, 0.25) is 0 Å². The van der Waals surface area contributed by atoms with E-state index in [1.807, 2.05) is 31.2 Å². The van der Waals surface area contributed by atoms with Crippen molar-refractivity contribution < 1.29 is 0 Å². The van der Waals surface area contributed by atoms with Gasteiger partial charge in [0.25, 0.3) is 0 Å². The normalized spacial score (nSPS) is 16.5. The van der Waals surface area contributed by atoms with Gasteiger partial charge in [0.1, 0.15) is 0 Å². The summed E-state index contributed by atoms with van der Waals surface area (Å²) in [5.41, 5.74) is 1.14. The zero-order chi connectivity index (χ0) is 10.7. The number of nitrogens with zero attached hydrogens (tertiary/aromatic N) is 5. The van der Waals surface area contributed by atoms with Crippen LogP contribution < -0.4 is 0 Å². The Morgan fingerprint density at radius 1 is 1.33 bits per heavy atom. The summed E-state index contributed by atoms with van der Waals surface area (Å²) in [5.74, 6) is 0. The van der Waals surface area contributed by atoms with Crippen LogP contribution >= 0.6 is 0 Å². The molecule has 0 N–H and O–H groups in total. The van der Waals surface area contributed by atoms with Gasteiger partial charge in [-0.1, -0.05) is 24.3 Å². The van der Waals surface area contributed by atoms with Gasteiger partial charge in [0.15, 0.2) is 0 Å². The number of hydrogen-bond acceptors (Lipinski definition) is 5. The van der Waals surface area contributed by atoms with Gasteiger partial charge in [-0.2, -0.15) is 5.26 Å². The minimum atomic E-state index is -0.717. The maximum absolute atomic E-state index is 8.61. The Hall–Kier alpha value is -2.09. The molecule has 5 nitrogen and oxygen atoms in total. The van der Waals surface area contributed by atoms with E-state index >= 15 is 0 Å². The number of benzene rings is 1. The highest BCUT2D eigenvalue weighted by Crippen LogP contribution is 2.31. The molecule has 1 aromatic carbocycles. The Labute approximate surface area is 87.1 Å². The van der Waals surface area contributed by atoms with Crippen LogP contribution in [-0.4, -0.2) is 0 Å². The molecule has 15 heavy (non-hydrogen) atoms. The van der Waals surface area contributed by atoms with E-state index in [9.17, 15) is 0 Å². The third kappa shape index (κ3) is 1.74. The van der Waals surface area contributed by atoms with Crippen molar-refractivity contribution in [1.29, 1.82) is 5.26 Å². The highest BCUT2D eigenvalue weighted by atomic mass is 15.6. The molecule has 1 aliphatic rings. The summed E-state index contributed by atoms with van der Waals surface area (Å²) >= 11 is 0. The van der Waals surface area contributed by atoms with Gasteiger partial charge in [-0.3, -0.25) is 0 Å². The van der Waals surface area contributed by atoms with Gasteiger partial charge in [0.05, 0.1) is 12.5 Å². The van der Waals surface area contributed by atoms with Crippen molar-refractivity contribution in [2.24, 2.45) is 20.7 Å². The lowest BCUT2D eigenvalue weighted by Crippen LogP contribution is -2.12. The van der Waals surface area contributed by atoms with Crippen molar-refractivity contribution in [2.45, 2.75) is 19.0 Å². The van der Waals surface area contributed by atoms with Gasteiger partial charge in [0, 0.05) is 5.56 Å². The van der Waals surface area contributed by atoms with Crippen LogP contribution in [0.3, 0.4) is 0 Å². The van der Waals surface area contributed by atoms with Crippen LogP contribution in [0, 0.1) is 11.3 Å². The Kier molecular flexibility index (Phi) is 2.26. The summed E-state index contributed by atoms with van der Waals surface area (Å²) in [4.78, 5) is 0. The summed E-state index contributed by atoms with van der Waals surface area (Å²) in [6, 6.07) is 9.71. The Morgan fingerprint density at radius 2 is 2.07 bits per heavy atom. The monoisotopic (exact) mass is 199 g/mol. The number of rotatable bonds is 2. The van der Waals surface area contributed by atoms with Crippen molar-refractivity contribution >= 4 is 0 Å². The summed E-state index contributed by atoms with van der Waals surface area (Å²) in [5, 5.41) is 23.5. The average Bonchev–Trinajstić information content (AvgIpc) is 2.68. The van der Waals surface area contributed by atoms with E-state index < -0.39 is 5.66 Å². The highest BCUT2D eigenvalue weighted by Gasteiger charge is 2.29. The average molecular weight is 199 g/mol. The van der Waals surface area contributed by atoms with Crippen LogP contribution in [0.1, 0.15) is 18.1 Å². The molecule has 5 heteroatoms. The van der Waals surface area contributed by atoms with Gasteiger partial charge in [-0.15, -0.1) is 10.2 Å². The molecule has 0 spiro atoms. The minimum Gasteiger partial charge on any atom is -0.198 e. The molecular weight excluding hydrogens is 190 g/mol. The smallest absolute Gasteiger partial charge is 0.198 e. The lowest BCUT2D eigenvalue weighted by atomic mass is 10.00. The summed E-state index contributed by atoms with van der Waals surface area (Å²) < 4.78 is 0. The molecular formula is C10H9N5. The first-order valence-electron chi connectivity index (χ1n) is 4.55. The van der Waals surface area contributed by atoms with E-state index in [1.54, 1.807) is 0 Å². The van der Waals surface area contributed by atoms with E-state index in [2.05, 4.69) is 26.7 Å². The fourth-order valence-electron chi connectivity index (χ4n) is 1.42. The Balaban J connectivity index is 2.37. The molecule has 1 heterocycles. The van der Waals surface area contributed by atoms with Crippen molar-refractivity contribution in [2.75, 3.05) is 0 Å². The van der Waals surface area contributed by atoms with E-state index in [0.717, 1.165) is 11.1 Å². The predicted octanol–water partition coefficient (Wildman–Crippen LogP) is 2.76. The number of nitriles is 1. The fourth-order valence-corrected chi connectivity index (χ4v) is 1.42. The molecule has 0 aliphatic carbocycles. The van der Waals surface area contributed by atoms with Crippen LogP contribution in [-0.2, 0) is 12.1 Å². The summed E-state index contributed by atoms with van der Waals surface area (Å²) in [7, 11) is 0. The van der Waals surface area contributed by atoms with Gasteiger partial charge < -0.3 is 0 Å². The van der Waals surface area contributed by atoms with Crippen LogP contribution in [0.25, 0.3) is 0 Å². The van der Waals surface area contributed by atoms with Crippen molar-refractivity contribution in [3.05, 3.63) is 35.4 Å². The molecule has 74 valence electrons. The zero-order valence-electron chi connectivity index (χ0n) is 8.25. The molecule has 0 fully saturated rings. The standard InChI is InChI=1S/C10H9N5/c1-10(12-14-15-13-10)9-4-2-3-8(7-9)5-6-11/h2-4,7H,5H2,1H3. The lowest BCUT2D eigenvalue weighted by molar-refractivity contribution is 0.518. The van der Waals surface area contributed by atoms with Gasteiger partial charge >= 0.3 is 0 Å². The molecule has 0 bridgehead atoms. The second-order valence-corrected chi connectivity index (χ2v) is 3.43. The first-order valence-corrected chi connectivity index (χ1v) is 4.55. The van der Waals surface area contributed by atoms with Gasteiger partial charge in [0.2, 0.25) is 5.66 Å². The van der Waals surface area contributed by atoms with Gasteiger partial charge in [-0.05, 0) is 22.9 Å². The Bertz CT molecular complexity index is 457. The quantitative estimate of drug-likeness (QED) is 0.721. The van der Waals surface area contributed by atoms with Crippen molar-refractivity contribution in [3.63, 3.8) is 0 Å². The molecule has 0 saturated heterocycles. The molecule has 0 unspecified atom stereocenters. The van der Waals surface area contributed by atoms with E-state index in [0.29, 0.717) is 6.42 Å². The Morgan fingerprint density at radius 3 is 2.73 bits per heavy atom. The minimum absolute atomic E-state index is 0.387. The van der Waals surface area contributed by atoms with Gasteiger partial charge in [-0.25, -0.2) is 0 Å². The zero-order valence-corrected chi connectivity index (χ0v) is 8.25. The largest absolute Gasteiger partial charge is 0.217 e. The van der Waals surface area contributed by atoms with E-state index in [4.69, 9.17) is 5.26 Å². The SMILES string of the molecule is CC1(c2cccc(CC#N)c2)N=NN=N1. The summed E-state index contributed by atoms with van der Waals surface area (Å²) in [6.07, 6.45) is 0.387. The summed E-state index contributed by atoms with van der Waals surface area (Å²) in [6.45, 7) is 1.83. The van der Waals surface area contributed by atoms with E-state index in [-0.39, 0.29) is 0 Å². The maximum Gasteiger partial charge on any atom is 0.217 e. The maximum atomic E-state index is 8.61. The fraction of sp³-hybridized carbons (Fsp3) is 0.300. The predicted molar refractivity (Wildman–Crippen MR) is 52.8 cm³/mol. The molecule has 0 aromatic heterocycles. The molecule has 0 atom stereocenters. The third-order valence-electron chi connectivity index (χ3n) is 2.28. The van der Waals surface area contributed by atoms with Crippen molar-refractivity contribution in [3.8, 4) is 6.07 Å². The highest BCUT2D eigenvalue weighted by molar-refractivity contribution is 5.30. The van der Waals surface area contributed by atoms with Crippen molar-refractivity contribution in [1.82, 2.24) is 0 Å². The second-order valence-electron chi connectivity index (χ2n) is 3.43. The first-order chi connectivity index (χ1) is 7.24. The molecule has 1 aliphatic heterocycles. The third-order valence-corrected chi connectivity index (χ3v) is 2.28.